The fourth-order valence-corrected chi connectivity index (χ4v) is 2.29. The molecule has 2 aromatic carbocycles. The summed E-state index contributed by atoms with van der Waals surface area (Å²) in [5, 5.41) is 9.63. The van der Waals surface area contributed by atoms with Crippen molar-refractivity contribution >= 4 is 34.8 Å². The number of aromatic nitrogens is 2. The minimum atomic E-state index is 0.312. The van der Waals surface area contributed by atoms with Crippen LogP contribution in [-0.2, 0) is 0 Å². The van der Waals surface area contributed by atoms with E-state index >= 15 is 0 Å². The van der Waals surface area contributed by atoms with Crippen LogP contribution in [0.15, 0.2) is 46.9 Å². The monoisotopic (exact) mass is 324 g/mol. The average Bonchev–Trinajstić information content (AvgIpc) is 2.91. The molecule has 3 rings (SSSR count). The van der Waals surface area contributed by atoms with Crippen LogP contribution in [-0.4, -0.2) is 10.2 Å². The second-order valence-electron chi connectivity index (χ2n) is 4.05. The minimum absolute atomic E-state index is 0.312. The highest BCUT2D eigenvalue weighted by molar-refractivity contribution is 6.35. The Labute approximate surface area is 130 Å². The first kappa shape index (κ1) is 13.4. The maximum absolute atomic E-state index is 6.10. The van der Waals surface area contributed by atoms with Crippen molar-refractivity contribution in [2.24, 2.45) is 0 Å². The molecule has 0 atom stereocenters. The first-order valence-corrected chi connectivity index (χ1v) is 6.82. The Hall–Kier alpha value is -1.55. The molecular formula is C14H7Cl3N2O. The van der Waals surface area contributed by atoms with Gasteiger partial charge >= 0.3 is 0 Å². The lowest BCUT2D eigenvalue weighted by atomic mass is 10.2. The molecule has 100 valence electrons. The molecule has 0 amide bonds. The summed E-state index contributed by atoms with van der Waals surface area (Å²) in [6.45, 7) is 0. The molecule has 3 aromatic rings. The zero-order valence-electron chi connectivity index (χ0n) is 9.98. The summed E-state index contributed by atoms with van der Waals surface area (Å²) in [6.07, 6.45) is 0. The molecule has 0 radical (unpaired) electrons. The highest BCUT2D eigenvalue weighted by Crippen LogP contribution is 2.31. The SMILES string of the molecule is Clc1cccc(-c2nnc(-c3cc(Cl)ccc3Cl)o2)c1. The summed E-state index contributed by atoms with van der Waals surface area (Å²) in [4.78, 5) is 0. The smallest absolute Gasteiger partial charge is 0.249 e. The highest BCUT2D eigenvalue weighted by atomic mass is 35.5. The Morgan fingerprint density at radius 2 is 1.55 bits per heavy atom. The Morgan fingerprint density at radius 1 is 0.800 bits per heavy atom. The van der Waals surface area contributed by atoms with E-state index in [0.29, 0.717) is 32.4 Å². The quantitative estimate of drug-likeness (QED) is 0.636. The predicted octanol–water partition coefficient (Wildman–Crippen LogP) is 5.36. The van der Waals surface area contributed by atoms with Gasteiger partial charge in [0.25, 0.3) is 0 Å². The van der Waals surface area contributed by atoms with Gasteiger partial charge < -0.3 is 4.42 Å². The van der Waals surface area contributed by atoms with Crippen LogP contribution in [0.4, 0.5) is 0 Å². The van der Waals surface area contributed by atoms with Gasteiger partial charge in [-0.25, -0.2) is 0 Å². The van der Waals surface area contributed by atoms with Crippen molar-refractivity contribution in [3.8, 4) is 22.9 Å². The van der Waals surface area contributed by atoms with Crippen molar-refractivity contribution in [1.82, 2.24) is 10.2 Å². The third-order valence-electron chi connectivity index (χ3n) is 2.66. The van der Waals surface area contributed by atoms with Gasteiger partial charge in [0.05, 0.1) is 10.6 Å². The molecule has 20 heavy (non-hydrogen) atoms. The summed E-state index contributed by atoms with van der Waals surface area (Å²) in [5.41, 5.74) is 1.34. The Bertz CT molecular complexity index is 771. The largest absolute Gasteiger partial charge is 0.416 e. The number of hydrogen-bond donors (Lipinski definition) is 0. The molecule has 0 aliphatic heterocycles. The van der Waals surface area contributed by atoms with Crippen molar-refractivity contribution in [2.75, 3.05) is 0 Å². The average molecular weight is 326 g/mol. The van der Waals surface area contributed by atoms with Crippen LogP contribution in [0.25, 0.3) is 22.9 Å². The van der Waals surface area contributed by atoms with Crippen LogP contribution in [0.3, 0.4) is 0 Å². The molecule has 0 saturated heterocycles. The summed E-state index contributed by atoms with van der Waals surface area (Å²) in [6, 6.07) is 12.2. The van der Waals surface area contributed by atoms with E-state index in [-0.39, 0.29) is 0 Å². The summed E-state index contributed by atoms with van der Waals surface area (Å²) in [7, 11) is 0. The lowest BCUT2D eigenvalue weighted by molar-refractivity contribution is 0.584. The van der Waals surface area contributed by atoms with Crippen LogP contribution in [0.1, 0.15) is 0 Å². The van der Waals surface area contributed by atoms with Crippen molar-refractivity contribution in [3.05, 3.63) is 57.5 Å². The van der Waals surface area contributed by atoms with E-state index in [9.17, 15) is 0 Å². The zero-order valence-corrected chi connectivity index (χ0v) is 12.2. The van der Waals surface area contributed by atoms with E-state index < -0.39 is 0 Å². The molecule has 6 heteroatoms. The Morgan fingerprint density at radius 3 is 2.35 bits per heavy atom. The Kier molecular flexibility index (Phi) is 3.66. The van der Waals surface area contributed by atoms with Crippen LogP contribution < -0.4 is 0 Å². The van der Waals surface area contributed by atoms with Crippen molar-refractivity contribution in [3.63, 3.8) is 0 Å². The molecule has 0 aliphatic carbocycles. The van der Waals surface area contributed by atoms with Gasteiger partial charge in [0.15, 0.2) is 0 Å². The van der Waals surface area contributed by atoms with Crippen molar-refractivity contribution < 1.29 is 4.42 Å². The molecule has 0 spiro atoms. The van der Waals surface area contributed by atoms with Gasteiger partial charge in [-0.2, -0.15) is 0 Å². The molecule has 0 aliphatic rings. The third-order valence-corrected chi connectivity index (χ3v) is 3.46. The number of rotatable bonds is 2. The van der Waals surface area contributed by atoms with E-state index in [1.54, 1.807) is 30.3 Å². The van der Waals surface area contributed by atoms with E-state index in [1.165, 1.54) is 0 Å². The van der Waals surface area contributed by atoms with Crippen molar-refractivity contribution in [2.45, 2.75) is 0 Å². The molecule has 3 nitrogen and oxygen atoms in total. The fraction of sp³-hybridized carbons (Fsp3) is 0. The van der Waals surface area contributed by atoms with Gasteiger partial charge in [-0.3, -0.25) is 0 Å². The summed E-state index contributed by atoms with van der Waals surface area (Å²) >= 11 is 18.0. The predicted molar refractivity (Wildman–Crippen MR) is 80.2 cm³/mol. The minimum Gasteiger partial charge on any atom is -0.416 e. The second-order valence-corrected chi connectivity index (χ2v) is 5.33. The van der Waals surface area contributed by atoms with Gasteiger partial charge in [0.1, 0.15) is 0 Å². The maximum atomic E-state index is 6.10. The van der Waals surface area contributed by atoms with Crippen LogP contribution in [0.5, 0.6) is 0 Å². The fourth-order valence-electron chi connectivity index (χ4n) is 1.73. The standard InChI is InChI=1S/C14H7Cl3N2O/c15-9-3-1-2-8(6-9)13-18-19-14(20-13)11-7-10(16)4-5-12(11)17/h1-7H. The van der Waals surface area contributed by atoms with E-state index in [2.05, 4.69) is 10.2 Å². The number of benzene rings is 2. The summed E-state index contributed by atoms with van der Waals surface area (Å²) < 4.78 is 5.62. The molecular weight excluding hydrogens is 319 g/mol. The third kappa shape index (κ3) is 2.66. The van der Waals surface area contributed by atoms with Gasteiger partial charge in [-0.05, 0) is 36.4 Å². The second kappa shape index (κ2) is 5.44. The summed E-state index contributed by atoms with van der Waals surface area (Å²) in [5.74, 6) is 0.686. The molecule has 0 fully saturated rings. The van der Waals surface area contributed by atoms with E-state index in [1.807, 2.05) is 12.1 Å². The van der Waals surface area contributed by atoms with Gasteiger partial charge in [0.2, 0.25) is 11.8 Å². The maximum Gasteiger partial charge on any atom is 0.249 e. The van der Waals surface area contributed by atoms with Crippen molar-refractivity contribution in [1.29, 1.82) is 0 Å². The first-order chi connectivity index (χ1) is 9.63. The van der Waals surface area contributed by atoms with Crippen LogP contribution in [0.2, 0.25) is 15.1 Å². The molecule has 0 N–H and O–H groups in total. The normalized spacial score (nSPS) is 10.8. The Balaban J connectivity index is 2.04. The molecule has 0 unspecified atom stereocenters. The number of hydrogen-bond acceptors (Lipinski definition) is 3. The van der Waals surface area contributed by atoms with Crippen LogP contribution in [0, 0.1) is 0 Å². The van der Waals surface area contributed by atoms with Gasteiger partial charge in [0, 0.05) is 15.6 Å². The topological polar surface area (TPSA) is 38.9 Å². The molecule has 0 bridgehead atoms. The number of nitrogens with zero attached hydrogens (tertiary/aromatic N) is 2. The number of halogens is 3. The first-order valence-electron chi connectivity index (χ1n) is 5.68. The van der Waals surface area contributed by atoms with E-state index in [0.717, 1.165) is 5.56 Å². The highest BCUT2D eigenvalue weighted by Gasteiger charge is 2.13. The van der Waals surface area contributed by atoms with Gasteiger partial charge in [-0.1, -0.05) is 40.9 Å². The van der Waals surface area contributed by atoms with E-state index in [4.69, 9.17) is 39.2 Å². The van der Waals surface area contributed by atoms with Crippen LogP contribution >= 0.6 is 34.8 Å². The van der Waals surface area contributed by atoms with Gasteiger partial charge in [-0.15, -0.1) is 10.2 Å². The molecule has 1 heterocycles. The lowest BCUT2D eigenvalue weighted by Crippen LogP contribution is -1.79. The molecule has 0 saturated carbocycles. The zero-order chi connectivity index (χ0) is 14.1. The molecule has 1 aromatic heterocycles. The lowest BCUT2D eigenvalue weighted by Gasteiger charge is -1.99.